The third-order valence-corrected chi connectivity index (χ3v) is 7.11. The third kappa shape index (κ3) is 4.45. The molecule has 1 aliphatic carbocycles. The zero-order valence-electron chi connectivity index (χ0n) is 17.1. The molecule has 1 atom stereocenters. The number of thiazole rings is 1. The molecule has 1 aromatic heterocycles. The summed E-state index contributed by atoms with van der Waals surface area (Å²) in [6.07, 6.45) is 3.45. The number of fused-ring (bicyclic) bond motifs is 1. The topological polar surface area (TPSA) is 65.5 Å². The summed E-state index contributed by atoms with van der Waals surface area (Å²) < 4.78 is 0. The molecule has 2 aliphatic rings. The van der Waals surface area contributed by atoms with Crippen molar-refractivity contribution in [1.29, 1.82) is 0 Å². The lowest BCUT2D eigenvalue weighted by Crippen LogP contribution is -2.48. The average Bonchev–Trinajstić information content (AvgIpc) is 3.17. The van der Waals surface area contributed by atoms with Gasteiger partial charge in [-0.1, -0.05) is 19.1 Å². The van der Waals surface area contributed by atoms with E-state index in [2.05, 4.69) is 29.3 Å². The first-order valence-corrected chi connectivity index (χ1v) is 11.2. The van der Waals surface area contributed by atoms with Crippen LogP contribution in [-0.4, -0.2) is 47.9 Å². The Morgan fingerprint density at radius 2 is 1.90 bits per heavy atom. The van der Waals surface area contributed by atoms with Crippen LogP contribution in [-0.2, 0) is 28.9 Å². The van der Waals surface area contributed by atoms with Gasteiger partial charge in [-0.05, 0) is 43.4 Å². The second-order valence-electron chi connectivity index (χ2n) is 7.84. The molecule has 154 valence electrons. The van der Waals surface area contributed by atoms with E-state index in [4.69, 9.17) is 4.98 Å². The minimum atomic E-state index is -0.00351. The van der Waals surface area contributed by atoms with Gasteiger partial charge in [-0.2, -0.15) is 0 Å². The molecule has 1 aromatic carbocycles. The van der Waals surface area contributed by atoms with Gasteiger partial charge in [0.15, 0.2) is 5.13 Å². The fourth-order valence-electron chi connectivity index (χ4n) is 4.00. The lowest BCUT2D eigenvalue weighted by atomic mass is 9.90. The quantitative estimate of drug-likeness (QED) is 0.838. The number of amides is 2. The Labute approximate surface area is 175 Å². The van der Waals surface area contributed by atoms with E-state index >= 15 is 0 Å². The number of rotatable bonds is 4. The van der Waals surface area contributed by atoms with E-state index in [0.717, 1.165) is 68.4 Å². The van der Waals surface area contributed by atoms with Crippen LogP contribution < -0.4 is 10.2 Å². The molecule has 6 nitrogen and oxygen atoms in total. The molecule has 1 saturated heterocycles. The number of anilines is 2. The number of aromatic nitrogens is 1. The number of hydrogen-bond acceptors (Lipinski definition) is 5. The number of hydrogen-bond donors (Lipinski definition) is 1. The predicted octanol–water partition coefficient (Wildman–Crippen LogP) is 3.12. The number of piperazine rings is 1. The normalized spacial score (nSPS) is 19.0. The molecule has 0 radical (unpaired) electrons. The highest BCUT2D eigenvalue weighted by Gasteiger charge is 2.29. The van der Waals surface area contributed by atoms with Gasteiger partial charge in [0, 0.05) is 49.6 Å². The van der Waals surface area contributed by atoms with Gasteiger partial charge in [-0.3, -0.25) is 9.59 Å². The highest BCUT2D eigenvalue weighted by atomic mass is 32.1. The zero-order chi connectivity index (χ0) is 20.4. The average molecular weight is 413 g/mol. The Bertz CT molecular complexity index is 885. The molecule has 0 spiro atoms. The van der Waals surface area contributed by atoms with E-state index in [0.29, 0.717) is 0 Å². The van der Waals surface area contributed by atoms with Gasteiger partial charge in [0.05, 0.1) is 5.69 Å². The first-order chi connectivity index (χ1) is 14.0. The van der Waals surface area contributed by atoms with Gasteiger partial charge in [0.2, 0.25) is 11.8 Å². The number of nitrogens with zero attached hydrogens (tertiary/aromatic N) is 3. The van der Waals surface area contributed by atoms with E-state index < -0.39 is 0 Å². The molecule has 2 amide bonds. The second kappa shape index (κ2) is 8.53. The number of carbonyl (C=O) groups is 2. The third-order valence-electron chi connectivity index (χ3n) is 5.92. The summed E-state index contributed by atoms with van der Waals surface area (Å²) >= 11 is 1.72. The Morgan fingerprint density at radius 1 is 1.17 bits per heavy atom. The van der Waals surface area contributed by atoms with Crippen LogP contribution in [0.2, 0.25) is 0 Å². The van der Waals surface area contributed by atoms with Crippen molar-refractivity contribution >= 4 is 34.0 Å². The largest absolute Gasteiger partial charge is 0.345 e. The molecule has 1 N–H and O–H groups in total. The molecule has 1 fully saturated rings. The minimum Gasteiger partial charge on any atom is -0.345 e. The van der Waals surface area contributed by atoms with Crippen LogP contribution in [0.1, 0.15) is 36.4 Å². The maximum Gasteiger partial charge on any atom is 0.227 e. The highest BCUT2D eigenvalue weighted by Crippen LogP contribution is 2.35. The van der Waals surface area contributed by atoms with Crippen LogP contribution in [0.4, 0.5) is 10.8 Å². The van der Waals surface area contributed by atoms with Crippen molar-refractivity contribution in [2.75, 3.05) is 36.4 Å². The summed E-state index contributed by atoms with van der Waals surface area (Å²) in [5.41, 5.74) is 3.29. The van der Waals surface area contributed by atoms with Gasteiger partial charge in [0.1, 0.15) is 0 Å². The summed E-state index contributed by atoms with van der Waals surface area (Å²) in [7, 11) is 0. The van der Waals surface area contributed by atoms with E-state index in [-0.39, 0.29) is 17.7 Å². The van der Waals surface area contributed by atoms with Crippen molar-refractivity contribution in [3.8, 4) is 0 Å². The maximum absolute atomic E-state index is 12.8. The molecule has 2 aromatic rings. The summed E-state index contributed by atoms with van der Waals surface area (Å²) in [6.45, 7) is 6.90. The lowest BCUT2D eigenvalue weighted by Gasteiger charge is -2.33. The number of carbonyl (C=O) groups excluding carboxylic acids is 2. The van der Waals surface area contributed by atoms with Gasteiger partial charge in [-0.25, -0.2) is 4.98 Å². The van der Waals surface area contributed by atoms with Crippen molar-refractivity contribution < 1.29 is 9.59 Å². The molecule has 29 heavy (non-hydrogen) atoms. The van der Waals surface area contributed by atoms with Crippen LogP contribution in [0.25, 0.3) is 0 Å². The van der Waals surface area contributed by atoms with Crippen molar-refractivity contribution in [2.24, 2.45) is 5.92 Å². The molecule has 7 heteroatoms. The summed E-state index contributed by atoms with van der Waals surface area (Å²) in [6, 6.07) is 8.10. The highest BCUT2D eigenvalue weighted by molar-refractivity contribution is 7.15. The molecular formula is C22H28N4O2S. The number of benzene rings is 1. The van der Waals surface area contributed by atoms with Crippen LogP contribution in [0.15, 0.2) is 24.3 Å². The van der Waals surface area contributed by atoms with Crippen molar-refractivity contribution in [3.63, 3.8) is 0 Å². The van der Waals surface area contributed by atoms with Gasteiger partial charge in [-0.15, -0.1) is 11.3 Å². The van der Waals surface area contributed by atoms with E-state index in [1.54, 1.807) is 18.3 Å². The van der Waals surface area contributed by atoms with Crippen molar-refractivity contribution in [2.45, 2.75) is 39.5 Å². The molecule has 1 aliphatic heterocycles. The number of nitrogens with one attached hydrogen (secondary N) is 1. The summed E-state index contributed by atoms with van der Waals surface area (Å²) in [5.74, 6) is 0.238. The van der Waals surface area contributed by atoms with Crippen molar-refractivity contribution in [3.05, 3.63) is 40.4 Å². The standard InChI is InChI=1S/C22H28N4O2S/c1-3-16-4-7-18(8-5-16)23-21(28)17-6-9-19-20(14-17)29-22(24-19)26-12-10-25(11-13-26)15(2)27/h4-5,7-8,17H,3,6,9-14H2,1-2H3,(H,23,28). The first-order valence-electron chi connectivity index (χ1n) is 10.4. The fourth-order valence-corrected chi connectivity index (χ4v) is 5.24. The van der Waals surface area contributed by atoms with Gasteiger partial charge >= 0.3 is 0 Å². The van der Waals surface area contributed by atoms with Crippen LogP contribution in [0, 0.1) is 5.92 Å². The molecule has 4 rings (SSSR count). The fraction of sp³-hybridized carbons (Fsp3) is 0.500. The monoisotopic (exact) mass is 412 g/mol. The summed E-state index contributed by atoms with van der Waals surface area (Å²) in [5, 5.41) is 4.11. The van der Waals surface area contributed by atoms with Crippen LogP contribution in [0.3, 0.4) is 0 Å². The SMILES string of the molecule is CCc1ccc(NC(=O)C2CCc3nc(N4CCN(C(C)=O)CC4)sc3C2)cc1. The Balaban J connectivity index is 1.37. The molecular weight excluding hydrogens is 384 g/mol. The van der Waals surface area contributed by atoms with E-state index in [1.165, 1.54) is 10.4 Å². The second-order valence-corrected chi connectivity index (χ2v) is 8.90. The Morgan fingerprint density at radius 3 is 2.55 bits per heavy atom. The first kappa shape index (κ1) is 19.9. The smallest absolute Gasteiger partial charge is 0.227 e. The Kier molecular flexibility index (Phi) is 5.85. The maximum atomic E-state index is 12.8. The van der Waals surface area contributed by atoms with E-state index in [1.807, 2.05) is 17.0 Å². The van der Waals surface area contributed by atoms with Gasteiger partial charge in [0.25, 0.3) is 0 Å². The Hall–Kier alpha value is -2.41. The molecule has 0 saturated carbocycles. The summed E-state index contributed by atoms with van der Waals surface area (Å²) in [4.78, 5) is 34.5. The van der Waals surface area contributed by atoms with Crippen LogP contribution in [0.5, 0.6) is 0 Å². The lowest BCUT2D eigenvalue weighted by molar-refractivity contribution is -0.129. The molecule has 0 bridgehead atoms. The van der Waals surface area contributed by atoms with Crippen LogP contribution >= 0.6 is 11.3 Å². The molecule has 1 unspecified atom stereocenters. The number of aryl methyl sites for hydroxylation is 2. The van der Waals surface area contributed by atoms with Gasteiger partial charge < -0.3 is 15.1 Å². The van der Waals surface area contributed by atoms with E-state index in [9.17, 15) is 9.59 Å². The predicted molar refractivity (Wildman–Crippen MR) is 117 cm³/mol. The zero-order valence-corrected chi connectivity index (χ0v) is 17.9. The minimum absolute atomic E-state index is 0.00351. The van der Waals surface area contributed by atoms with Crippen molar-refractivity contribution in [1.82, 2.24) is 9.88 Å². The molecule has 2 heterocycles.